The predicted octanol–water partition coefficient (Wildman–Crippen LogP) is 3.48. The lowest BCUT2D eigenvalue weighted by atomic mass is 9.97. The highest BCUT2D eigenvalue weighted by molar-refractivity contribution is 7.19. The van der Waals surface area contributed by atoms with Crippen molar-refractivity contribution in [1.82, 2.24) is 24.8 Å². The molecule has 1 aliphatic carbocycles. The molecule has 2 N–H and O–H groups in total. The van der Waals surface area contributed by atoms with Crippen LogP contribution in [0.2, 0.25) is 0 Å². The largest absolute Gasteiger partial charge is 0.383 e. The van der Waals surface area contributed by atoms with E-state index in [0.717, 1.165) is 77.6 Å². The molecular formula is C21H23N7S2. The molecule has 154 valence electrons. The molecule has 30 heavy (non-hydrogen) atoms. The van der Waals surface area contributed by atoms with Crippen LogP contribution in [0.3, 0.4) is 0 Å². The van der Waals surface area contributed by atoms with Gasteiger partial charge in [-0.2, -0.15) is 0 Å². The normalized spacial score (nSPS) is 17.7. The molecule has 4 aromatic heterocycles. The first-order chi connectivity index (χ1) is 14.8. The Bertz CT molecular complexity index is 1220. The van der Waals surface area contributed by atoms with E-state index in [9.17, 15) is 0 Å². The average Bonchev–Trinajstić information content (AvgIpc) is 3.38. The van der Waals surface area contributed by atoms with E-state index in [1.165, 1.54) is 23.3 Å². The number of rotatable bonds is 3. The molecule has 0 saturated carbocycles. The lowest BCUT2D eigenvalue weighted by Crippen LogP contribution is -2.46. The van der Waals surface area contributed by atoms with Crippen molar-refractivity contribution in [3.63, 3.8) is 0 Å². The number of thiophene rings is 2. The Balaban J connectivity index is 1.19. The van der Waals surface area contributed by atoms with Crippen molar-refractivity contribution in [3.05, 3.63) is 34.0 Å². The first kappa shape index (κ1) is 18.4. The lowest BCUT2D eigenvalue weighted by molar-refractivity contribution is 0.244. The maximum absolute atomic E-state index is 6.39. The molecule has 5 heterocycles. The second kappa shape index (κ2) is 7.40. The van der Waals surface area contributed by atoms with Gasteiger partial charge in [0.15, 0.2) is 0 Å². The van der Waals surface area contributed by atoms with Crippen LogP contribution < -0.4 is 10.6 Å². The highest BCUT2D eigenvalue weighted by atomic mass is 32.1. The van der Waals surface area contributed by atoms with Crippen LogP contribution in [0.25, 0.3) is 20.4 Å². The molecule has 1 saturated heterocycles. The number of fused-ring (bicyclic) bond motifs is 4. The first-order valence-electron chi connectivity index (χ1n) is 10.5. The van der Waals surface area contributed by atoms with Crippen LogP contribution in [0.5, 0.6) is 0 Å². The minimum atomic E-state index is 0.661. The topological polar surface area (TPSA) is 84.1 Å². The molecule has 0 aromatic carbocycles. The van der Waals surface area contributed by atoms with E-state index < -0.39 is 0 Å². The van der Waals surface area contributed by atoms with Crippen molar-refractivity contribution >= 4 is 54.7 Å². The molecule has 9 heteroatoms. The Labute approximate surface area is 182 Å². The summed E-state index contributed by atoms with van der Waals surface area (Å²) in [5.41, 5.74) is 7.79. The maximum Gasteiger partial charge on any atom is 0.146 e. The minimum Gasteiger partial charge on any atom is -0.383 e. The van der Waals surface area contributed by atoms with Gasteiger partial charge in [0, 0.05) is 31.1 Å². The van der Waals surface area contributed by atoms with Crippen molar-refractivity contribution in [1.29, 1.82) is 0 Å². The summed E-state index contributed by atoms with van der Waals surface area (Å²) in [5, 5.41) is 4.35. The number of hydrogen-bond donors (Lipinski definition) is 1. The fourth-order valence-corrected chi connectivity index (χ4v) is 6.66. The molecule has 0 unspecified atom stereocenters. The summed E-state index contributed by atoms with van der Waals surface area (Å²) in [7, 11) is 0. The lowest BCUT2D eigenvalue weighted by Gasteiger charge is -2.35. The summed E-state index contributed by atoms with van der Waals surface area (Å²) in [6.45, 7) is 4.53. The molecule has 0 radical (unpaired) electrons. The van der Waals surface area contributed by atoms with Gasteiger partial charge in [-0.15, -0.1) is 22.7 Å². The number of nitrogens with two attached hydrogens (primary N) is 1. The van der Waals surface area contributed by atoms with Crippen molar-refractivity contribution in [2.24, 2.45) is 0 Å². The van der Waals surface area contributed by atoms with Crippen LogP contribution in [0.1, 0.15) is 29.1 Å². The summed E-state index contributed by atoms with van der Waals surface area (Å²) >= 11 is 3.48. The van der Waals surface area contributed by atoms with E-state index >= 15 is 0 Å². The molecule has 6 rings (SSSR count). The molecular weight excluding hydrogens is 414 g/mol. The van der Waals surface area contributed by atoms with E-state index in [2.05, 4.69) is 36.2 Å². The summed E-state index contributed by atoms with van der Waals surface area (Å²) in [6.07, 6.45) is 6.47. The molecule has 0 atom stereocenters. The van der Waals surface area contributed by atoms with Gasteiger partial charge in [-0.3, -0.25) is 4.90 Å². The maximum atomic E-state index is 6.39. The molecule has 7 nitrogen and oxygen atoms in total. The van der Waals surface area contributed by atoms with E-state index in [4.69, 9.17) is 10.7 Å². The van der Waals surface area contributed by atoms with E-state index in [0.29, 0.717) is 5.82 Å². The Kier molecular flexibility index (Phi) is 4.54. The zero-order valence-corrected chi connectivity index (χ0v) is 18.3. The molecule has 0 amide bonds. The monoisotopic (exact) mass is 437 g/mol. The van der Waals surface area contributed by atoms with Gasteiger partial charge >= 0.3 is 0 Å². The Morgan fingerprint density at radius 3 is 2.77 bits per heavy atom. The highest BCUT2D eigenvalue weighted by Crippen LogP contribution is 2.37. The third kappa shape index (κ3) is 3.12. The van der Waals surface area contributed by atoms with Crippen LogP contribution in [0.15, 0.2) is 17.8 Å². The highest BCUT2D eigenvalue weighted by Gasteiger charge is 2.23. The van der Waals surface area contributed by atoms with E-state index in [1.807, 2.05) is 11.3 Å². The Hall–Kier alpha value is -2.36. The standard InChI is InChI=1S/C21H23N7S2/c22-18-17-13-3-1-2-4-15(13)30-21(17)26-16(25-18)11-27-6-8-28(9-7-27)19-14-5-10-29-20(14)24-12-23-19/h5,10,12H,1-4,6-9,11H2,(H2,22,25,26). The zero-order valence-electron chi connectivity index (χ0n) is 16.7. The summed E-state index contributed by atoms with van der Waals surface area (Å²) in [5.74, 6) is 2.55. The molecule has 1 fully saturated rings. The first-order valence-corrected chi connectivity index (χ1v) is 12.2. The van der Waals surface area contributed by atoms with Crippen LogP contribution in [-0.4, -0.2) is 51.0 Å². The van der Waals surface area contributed by atoms with Gasteiger partial charge in [-0.1, -0.05) is 0 Å². The number of nitrogen functional groups attached to an aromatic ring is 1. The summed E-state index contributed by atoms with van der Waals surface area (Å²) in [6, 6.07) is 2.12. The number of anilines is 2. The number of aromatic nitrogens is 4. The zero-order chi connectivity index (χ0) is 20.1. The third-order valence-corrected chi connectivity index (χ3v) is 8.17. The van der Waals surface area contributed by atoms with Gasteiger partial charge in [0.25, 0.3) is 0 Å². The van der Waals surface area contributed by atoms with Gasteiger partial charge in [-0.25, -0.2) is 19.9 Å². The minimum absolute atomic E-state index is 0.661. The number of hydrogen-bond acceptors (Lipinski definition) is 9. The van der Waals surface area contributed by atoms with Crippen LogP contribution in [-0.2, 0) is 19.4 Å². The van der Waals surface area contributed by atoms with Gasteiger partial charge in [-0.05, 0) is 42.7 Å². The van der Waals surface area contributed by atoms with Gasteiger partial charge in [0.1, 0.15) is 33.4 Å². The summed E-state index contributed by atoms with van der Waals surface area (Å²) in [4.78, 5) is 26.9. The second-order valence-corrected chi connectivity index (χ2v) is 9.99. The smallest absolute Gasteiger partial charge is 0.146 e. The molecule has 4 aromatic rings. The quantitative estimate of drug-likeness (QED) is 0.525. The fourth-order valence-electron chi connectivity index (χ4n) is 4.65. The third-order valence-electron chi connectivity index (χ3n) is 6.17. The van der Waals surface area contributed by atoms with E-state index in [1.54, 1.807) is 17.7 Å². The van der Waals surface area contributed by atoms with Gasteiger partial charge in [0.2, 0.25) is 0 Å². The van der Waals surface area contributed by atoms with Crippen molar-refractivity contribution < 1.29 is 0 Å². The van der Waals surface area contributed by atoms with Gasteiger partial charge < -0.3 is 10.6 Å². The van der Waals surface area contributed by atoms with Crippen molar-refractivity contribution in [2.45, 2.75) is 32.2 Å². The summed E-state index contributed by atoms with van der Waals surface area (Å²) < 4.78 is 0. The molecule has 0 bridgehead atoms. The molecule has 0 spiro atoms. The number of nitrogens with zero attached hydrogens (tertiary/aromatic N) is 6. The fraction of sp³-hybridized carbons (Fsp3) is 0.429. The number of aryl methyl sites for hydroxylation is 2. The molecule has 2 aliphatic rings. The van der Waals surface area contributed by atoms with Crippen LogP contribution in [0.4, 0.5) is 11.6 Å². The van der Waals surface area contributed by atoms with Crippen LogP contribution in [0, 0.1) is 0 Å². The van der Waals surface area contributed by atoms with Crippen molar-refractivity contribution in [3.8, 4) is 0 Å². The predicted molar refractivity (Wildman–Crippen MR) is 123 cm³/mol. The average molecular weight is 438 g/mol. The van der Waals surface area contributed by atoms with Crippen LogP contribution >= 0.6 is 22.7 Å². The SMILES string of the molecule is Nc1nc(CN2CCN(c3ncnc4sccc34)CC2)nc2sc3c(c12)CCCC3. The Morgan fingerprint density at radius 2 is 1.87 bits per heavy atom. The van der Waals surface area contributed by atoms with Crippen molar-refractivity contribution in [2.75, 3.05) is 36.8 Å². The molecule has 1 aliphatic heterocycles. The Morgan fingerprint density at radius 1 is 1.00 bits per heavy atom. The second-order valence-electron chi connectivity index (χ2n) is 8.02. The number of piperazine rings is 1. The van der Waals surface area contributed by atoms with Gasteiger partial charge in [0.05, 0.1) is 17.3 Å². The van der Waals surface area contributed by atoms with E-state index in [-0.39, 0.29) is 0 Å².